The van der Waals surface area contributed by atoms with E-state index in [2.05, 4.69) is 128 Å². The summed E-state index contributed by atoms with van der Waals surface area (Å²) in [5.41, 5.74) is 9.84. The Bertz CT molecular complexity index is 2530. The van der Waals surface area contributed by atoms with Crippen LogP contribution in [-0.4, -0.2) is 12.2 Å². The molecule has 8 aromatic carbocycles. The molecule has 3 heteroatoms. The van der Waals surface area contributed by atoms with Gasteiger partial charge in [-0.05, 0) is 122 Å². The average Bonchev–Trinajstić information content (AvgIpc) is 3.48. The van der Waals surface area contributed by atoms with Crippen molar-refractivity contribution in [1.82, 2.24) is 0 Å². The Morgan fingerprint density at radius 3 is 1.67 bits per heavy atom. The van der Waals surface area contributed by atoms with Crippen molar-refractivity contribution in [3.05, 3.63) is 209 Å². The second-order valence-electron chi connectivity index (χ2n) is 13.4. The van der Waals surface area contributed by atoms with Crippen molar-refractivity contribution < 1.29 is 14.6 Å². The summed E-state index contributed by atoms with van der Waals surface area (Å²) in [6.07, 6.45) is -0.743. The number of aliphatic hydroxyl groups excluding tert-OH is 1. The molecule has 2 atom stereocenters. The van der Waals surface area contributed by atoms with Crippen molar-refractivity contribution in [3.8, 4) is 28.4 Å². The predicted octanol–water partition coefficient (Wildman–Crippen LogP) is 11.5. The molecule has 0 fully saturated rings. The predicted molar refractivity (Wildman–Crippen MR) is 207 cm³/mol. The molecule has 51 heavy (non-hydrogen) atoms. The van der Waals surface area contributed by atoms with Crippen LogP contribution in [-0.2, 0) is 5.41 Å². The molecule has 1 aliphatic rings. The molecule has 0 heterocycles. The standard InChI is InChI=1S/C48H36O3/c1-31-11-18-37(19-12-31)48(45-30-36-9-4-3-8-35(36)29-44(45)43-28-17-32-7-5-6-10-42(32)46(43)48)38-20-26-41(27-21-38)51-40-24-15-34(16-25-40)47(49)33-13-22-39(50-2)23-14-33/h3-30,47,49H,1-2H3. The first-order valence-corrected chi connectivity index (χ1v) is 17.4. The molecule has 0 saturated heterocycles. The molecule has 0 aromatic heterocycles. The summed E-state index contributed by atoms with van der Waals surface area (Å²) in [6.45, 7) is 2.15. The maximum Gasteiger partial charge on any atom is 0.127 e. The largest absolute Gasteiger partial charge is 0.497 e. The van der Waals surface area contributed by atoms with Gasteiger partial charge in [-0.15, -0.1) is 0 Å². The van der Waals surface area contributed by atoms with Gasteiger partial charge in [-0.3, -0.25) is 0 Å². The molecule has 0 saturated carbocycles. The SMILES string of the molecule is COc1ccc(C(O)c2ccc(Oc3ccc(C4(c5ccc(C)cc5)c5cc6ccccc6cc5-c5ccc6ccccc6c54)cc3)cc2)cc1. The van der Waals surface area contributed by atoms with Crippen LogP contribution >= 0.6 is 0 Å². The van der Waals surface area contributed by atoms with Crippen LogP contribution in [0.3, 0.4) is 0 Å². The molecule has 0 spiro atoms. The number of aliphatic hydroxyl groups is 1. The van der Waals surface area contributed by atoms with Crippen LogP contribution in [0.4, 0.5) is 0 Å². The highest BCUT2D eigenvalue weighted by Gasteiger charge is 2.47. The Hall–Kier alpha value is -6.16. The van der Waals surface area contributed by atoms with E-state index in [4.69, 9.17) is 9.47 Å². The lowest BCUT2D eigenvalue weighted by atomic mass is 9.66. The highest BCUT2D eigenvalue weighted by atomic mass is 16.5. The van der Waals surface area contributed by atoms with Crippen LogP contribution < -0.4 is 9.47 Å². The Kier molecular flexibility index (Phi) is 7.45. The minimum absolute atomic E-state index is 0.555. The smallest absolute Gasteiger partial charge is 0.127 e. The minimum atomic E-state index is -0.743. The van der Waals surface area contributed by atoms with Crippen LogP contribution in [0.25, 0.3) is 32.7 Å². The minimum Gasteiger partial charge on any atom is -0.497 e. The molecule has 0 amide bonds. The Morgan fingerprint density at radius 2 is 1.04 bits per heavy atom. The van der Waals surface area contributed by atoms with Gasteiger partial charge in [0.1, 0.15) is 23.4 Å². The van der Waals surface area contributed by atoms with Crippen LogP contribution in [0.2, 0.25) is 0 Å². The number of methoxy groups -OCH3 is 1. The fourth-order valence-corrected chi connectivity index (χ4v) is 7.98. The van der Waals surface area contributed by atoms with Gasteiger partial charge in [0.25, 0.3) is 0 Å². The maximum absolute atomic E-state index is 11.0. The van der Waals surface area contributed by atoms with Gasteiger partial charge in [-0.25, -0.2) is 0 Å². The van der Waals surface area contributed by atoms with E-state index in [1.54, 1.807) is 7.11 Å². The molecule has 0 bridgehead atoms. The lowest BCUT2D eigenvalue weighted by Gasteiger charge is -2.35. The van der Waals surface area contributed by atoms with Gasteiger partial charge in [0.05, 0.1) is 12.5 Å². The van der Waals surface area contributed by atoms with Gasteiger partial charge < -0.3 is 14.6 Å². The third kappa shape index (κ3) is 5.09. The molecular formula is C48H36O3. The maximum atomic E-state index is 11.0. The normalized spacial score (nSPS) is 15.4. The van der Waals surface area contributed by atoms with E-state index in [9.17, 15) is 5.11 Å². The first-order valence-electron chi connectivity index (χ1n) is 17.4. The van der Waals surface area contributed by atoms with Gasteiger partial charge in [0, 0.05) is 0 Å². The van der Waals surface area contributed by atoms with Gasteiger partial charge in [-0.1, -0.05) is 127 Å². The number of aryl methyl sites for hydroxylation is 1. The third-order valence-electron chi connectivity index (χ3n) is 10.5. The van der Waals surface area contributed by atoms with E-state index in [0.717, 1.165) is 22.6 Å². The first kappa shape index (κ1) is 30.9. The highest BCUT2D eigenvalue weighted by Crippen LogP contribution is 2.59. The topological polar surface area (TPSA) is 38.7 Å². The fourth-order valence-electron chi connectivity index (χ4n) is 7.98. The summed E-state index contributed by atoms with van der Waals surface area (Å²) in [5.74, 6) is 2.21. The first-order chi connectivity index (χ1) is 25.0. The Labute approximate surface area is 298 Å². The molecule has 3 nitrogen and oxygen atoms in total. The molecular weight excluding hydrogens is 625 g/mol. The molecule has 1 N–H and O–H groups in total. The van der Waals surface area contributed by atoms with E-state index >= 15 is 0 Å². The summed E-state index contributed by atoms with van der Waals surface area (Å²) < 4.78 is 11.7. The summed E-state index contributed by atoms with van der Waals surface area (Å²) in [5, 5.41) is 15.9. The van der Waals surface area contributed by atoms with E-state index in [1.807, 2.05) is 48.5 Å². The zero-order chi connectivity index (χ0) is 34.5. The lowest BCUT2D eigenvalue weighted by Crippen LogP contribution is -2.29. The van der Waals surface area contributed by atoms with Gasteiger partial charge in [-0.2, -0.15) is 0 Å². The molecule has 0 radical (unpaired) electrons. The van der Waals surface area contributed by atoms with Crippen molar-refractivity contribution in [2.24, 2.45) is 0 Å². The van der Waals surface area contributed by atoms with E-state index in [0.29, 0.717) is 5.75 Å². The van der Waals surface area contributed by atoms with Gasteiger partial charge >= 0.3 is 0 Å². The number of fused-ring (bicyclic) bond motifs is 6. The van der Waals surface area contributed by atoms with E-state index in [1.165, 1.54) is 60.5 Å². The number of hydrogen-bond acceptors (Lipinski definition) is 3. The third-order valence-corrected chi connectivity index (χ3v) is 10.5. The second kappa shape index (κ2) is 12.3. The molecule has 246 valence electrons. The van der Waals surface area contributed by atoms with Crippen LogP contribution in [0, 0.1) is 6.92 Å². The zero-order valence-corrected chi connectivity index (χ0v) is 28.5. The molecule has 2 unspecified atom stereocenters. The number of hydrogen-bond donors (Lipinski definition) is 1. The number of ether oxygens (including phenoxy) is 2. The van der Waals surface area contributed by atoms with Crippen LogP contribution in [0.5, 0.6) is 17.2 Å². The second-order valence-corrected chi connectivity index (χ2v) is 13.4. The molecule has 0 aliphatic heterocycles. The fraction of sp³-hybridized carbons (Fsp3) is 0.0833. The highest BCUT2D eigenvalue weighted by molar-refractivity contribution is 6.03. The quantitative estimate of drug-likeness (QED) is 0.185. The number of rotatable bonds is 7. The van der Waals surface area contributed by atoms with Crippen molar-refractivity contribution in [2.75, 3.05) is 7.11 Å². The van der Waals surface area contributed by atoms with E-state index < -0.39 is 11.5 Å². The summed E-state index contributed by atoms with van der Waals surface area (Å²) >= 11 is 0. The van der Waals surface area contributed by atoms with Gasteiger partial charge in [0.2, 0.25) is 0 Å². The Morgan fingerprint density at radius 1 is 0.510 bits per heavy atom. The van der Waals surface area contributed by atoms with Crippen molar-refractivity contribution in [3.63, 3.8) is 0 Å². The Balaban J connectivity index is 1.15. The van der Waals surface area contributed by atoms with Crippen LogP contribution in [0.15, 0.2) is 170 Å². The zero-order valence-electron chi connectivity index (χ0n) is 28.5. The summed E-state index contributed by atoms with van der Waals surface area (Å²) in [7, 11) is 1.63. The molecule has 1 aliphatic carbocycles. The van der Waals surface area contributed by atoms with E-state index in [-0.39, 0.29) is 0 Å². The van der Waals surface area contributed by atoms with Crippen molar-refractivity contribution >= 4 is 21.5 Å². The summed E-state index contributed by atoms with van der Waals surface area (Å²) in [4.78, 5) is 0. The monoisotopic (exact) mass is 660 g/mol. The van der Waals surface area contributed by atoms with Crippen LogP contribution in [0.1, 0.15) is 45.0 Å². The average molecular weight is 661 g/mol. The number of benzene rings is 8. The van der Waals surface area contributed by atoms with Crippen molar-refractivity contribution in [1.29, 1.82) is 0 Å². The van der Waals surface area contributed by atoms with Gasteiger partial charge in [0.15, 0.2) is 0 Å². The van der Waals surface area contributed by atoms with Crippen molar-refractivity contribution in [2.45, 2.75) is 18.4 Å². The molecule has 9 rings (SSSR count). The summed E-state index contributed by atoms with van der Waals surface area (Å²) in [6, 6.07) is 59.6. The molecule has 8 aromatic rings. The lowest BCUT2D eigenvalue weighted by molar-refractivity contribution is 0.220.